The molecule has 0 aromatic heterocycles. The van der Waals surface area contributed by atoms with Crippen molar-refractivity contribution in [2.24, 2.45) is 0 Å². The molecule has 0 saturated carbocycles. The molecular weight excluding hydrogens is 430 g/mol. The van der Waals surface area contributed by atoms with Crippen molar-refractivity contribution in [2.45, 2.75) is 27.2 Å². The lowest BCUT2D eigenvalue weighted by Crippen LogP contribution is -2.13. The molecule has 0 spiro atoms. The van der Waals surface area contributed by atoms with E-state index in [1.54, 1.807) is 43.5 Å². The third kappa shape index (κ3) is 6.72. The number of methoxy groups -OCH3 is 1. The summed E-state index contributed by atoms with van der Waals surface area (Å²) in [5, 5.41) is 2.91. The molecule has 0 fully saturated rings. The summed E-state index contributed by atoms with van der Waals surface area (Å²) in [6, 6.07) is 17.7. The zero-order chi connectivity index (χ0) is 24.5. The van der Waals surface area contributed by atoms with E-state index in [2.05, 4.69) is 5.32 Å². The van der Waals surface area contributed by atoms with Gasteiger partial charge in [0.05, 0.1) is 13.7 Å². The largest absolute Gasteiger partial charge is 0.493 e. The number of benzene rings is 3. The van der Waals surface area contributed by atoms with Crippen molar-refractivity contribution < 1.29 is 23.8 Å². The highest BCUT2D eigenvalue weighted by atomic mass is 16.5. The maximum absolute atomic E-state index is 12.6. The number of hydrogen-bond donors (Lipinski definition) is 1. The Balaban J connectivity index is 1.59. The van der Waals surface area contributed by atoms with Gasteiger partial charge >= 0.3 is 5.97 Å². The van der Waals surface area contributed by atoms with Crippen LogP contribution < -0.4 is 19.5 Å². The fourth-order valence-corrected chi connectivity index (χ4v) is 3.17. The minimum Gasteiger partial charge on any atom is -0.493 e. The van der Waals surface area contributed by atoms with E-state index in [-0.39, 0.29) is 5.91 Å². The van der Waals surface area contributed by atoms with Crippen molar-refractivity contribution in [1.82, 2.24) is 0 Å². The Hall–Kier alpha value is -4.06. The van der Waals surface area contributed by atoms with Crippen molar-refractivity contribution in [3.8, 4) is 17.2 Å². The molecule has 34 heavy (non-hydrogen) atoms. The summed E-state index contributed by atoms with van der Waals surface area (Å²) < 4.78 is 16.3. The minimum absolute atomic E-state index is 0.230. The second kappa shape index (κ2) is 11.7. The van der Waals surface area contributed by atoms with E-state index in [4.69, 9.17) is 14.2 Å². The highest BCUT2D eigenvalue weighted by molar-refractivity contribution is 6.04. The Morgan fingerprint density at radius 2 is 1.71 bits per heavy atom. The third-order valence-electron chi connectivity index (χ3n) is 5.04. The molecule has 0 unspecified atom stereocenters. The monoisotopic (exact) mass is 459 g/mol. The number of nitrogens with one attached hydrogen (secondary N) is 1. The van der Waals surface area contributed by atoms with Crippen LogP contribution in [0, 0.1) is 13.8 Å². The van der Waals surface area contributed by atoms with E-state index in [9.17, 15) is 9.59 Å². The molecule has 0 aliphatic carbocycles. The van der Waals surface area contributed by atoms with E-state index >= 15 is 0 Å². The molecule has 3 rings (SSSR count). The number of aryl methyl sites for hydroxylation is 2. The van der Waals surface area contributed by atoms with Crippen LogP contribution >= 0.6 is 0 Å². The molecule has 0 atom stereocenters. The minimum atomic E-state index is -0.530. The van der Waals surface area contributed by atoms with E-state index in [0.29, 0.717) is 29.4 Å². The number of amides is 1. The smallest absolute Gasteiger partial charge is 0.336 e. The quantitative estimate of drug-likeness (QED) is 0.242. The number of hydrogen-bond acceptors (Lipinski definition) is 5. The van der Waals surface area contributed by atoms with E-state index in [1.807, 2.05) is 51.1 Å². The van der Waals surface area contributed by atoms with Gasteiger partial charge in [-0.25, -0.2) is 4.79 Å². The predicted octanol–water partition coefficient (Wildman–Crippen LogP) is 5.97. The van der Waals surface area contributed by atoms with Gasteiger partial charge in [-0.2, -0.15) is 0 Å². The fourth-order valence-electron chi connectivity index (χ4n) is 3.17. The van der Waals surface area contributed by atoms with Gasteiger partial charge in [0.1, 0.15) is 5.75 Å². The molecule has 176 valence electrons. The molecule has 0 radical (unpaired) electrons. The van der Waals surface area contributed by atoms with Crippen LogP contribution in [0.15, 0.2) is 66.7 Å². The SMILES string of the molecule is CCCOc1ccc(/C=C/C(=O)Oc2ccc(C(=O)Nc3cc(C)ccc3C)cc2)cc1OC. The van der Waals surface area contributed by atoms with Crippen LogP contribution in [0.25, 0.3) is 6.08 Å². The van der Waals surface area contributed by atoms with Crippen molar-refractivity contribution in [1.29, 1.82) is 0 Å². The Bertz CT molecular complexity index is 1180. The van der Waals surface area contributed by atoms with Crippen molar-refractivity contribution in [3.05, 3.63) is 89.0 Å². The number of anilines is 1. The third-order valence-corrected chi connectivity index (χ3v) is 5.04. The van der Waals surface area contributed by atoms with Crippen LogP contribution in [-0.4, -0.2) is 25.6 Å². The molecule has 3 aromatic rings. The van der Waals surface area contributed by atoms with Crippen LogP contribution in [0.3, 0.4) is 0 Å². The molecule has 1 N–H and O–H groups in total. The van der Waals surface area contributed by atoms with Gasteiger partial charge in [0.25, 0.3) is 5.91 Å². The number of rotatable bonds is 9. The summed E-state index contributed by atoms with van der Waals surface area (Å²) in [5.41, 5.74) is 4.06. The number of esters is 1. The molecule has 0 aliphatic heterocycles. The molecule has 0 aliphatic rings. The first-order chi connectivity index (χ1) is 16.4. The van der Waals surface area contributed by atoms with Crippen LogP contribution in [0.4, 0.5) is 5.69 Å². The first-order valence-electron chi connectivity index (χ1n) is 11.1. The molecule has 0 saturated heterocycles. The Labute approximate surface area is 200 Å². The molecule has 0 heterocycles. The summed E-state index contributed by atoms with van der Waals surface area (Å²) in [7, 11) is 1.57. The predicted molar refractivity (Wildman–Crippen MR) is 134 cm³/mol. The second-order valence-corrected chi connectivity index (χ2v) is 7.81. The normalized spacial score (nSPS) is 10.7. The Morgan fingerprint density at radius 1 is 0.941 bits per heavy atom. The highest BCUT2D eigenvalue weighted by Crippen LogP contribution is 2.28. The number of carbonyl (C=O) groups is 2. The fraction of sp³-hybridized carbons (Fsp3) is 0.214. The zero-order valence-electron chi connectivity index (χ0n) is 19.9. The Kier molecular flexibility index (Phi) is 8.46. The van der Waals surface area contributed by atoms with E-state index < -0.39 is 5.97 Å². The first kappa shape index (κ1) is 24.6. The van der Waals surface area contributed by atoms with E-state index in [0.717, 1.165) is 28.8 Å². The second-order valence-electron chi connectivity index (χ2n) is 7.81. The van der Waals surface area contributed by atoms with Crippen molar-refractivity contribution >= 4 is 23.6 Å². The lowest BCUT2D eigenvalue weighted by atomic mass is 10.1. The molecular formula is C28H29NO5. The van der Waals surface area contributed by atoms with Crippen molar-refractivity contribution in [3.63, 3.8) is 0 Å². The first-order valence-corrected chi connectivity index (χ1v) is 11.1. The van der Waals surface area contributed by atoms with Gasteiger partial charge < -0.3 is 19.5 Å². The molecule has 0 bridgehead atoms. The topological polar surface area (TPSA) is 73.9 Å². The van der Waals surface area contributed by atoms with E-state index in [1.165, 1.54) is 6.08 Å². The number of carbonyl (C=O) groups excluding carboxylic acids is 2. The highest BCUT2D eigenvalue weighted by Gasteiger charge is 2.10. The van der Waals surface area contributed by atoms with Gasteiger partial charge in [-0.15, -0.1) is 0 Å². The maximum Gasteiger partial charge on any atom is 0.336 e. The van der Waals surface area contributed by atoms with Crippen molar-refractivity contribution in [2.75, 3.05) is 19.0 Å². The molecule has 6 nitrogen and oxygen atoms in total. The summed E-state index contributed by atoms with van der Waals surface area (Å²) in [5.74, 6) is 0.841. The van der Waals surface area contributed by atoms with Crippen LogP contribution in [-0.2, 0) is 4.79 Å². The summed E-state index contributed by atoms with van der Waals surface area (Å²) in [6.07, 6.45) is 3.87. The zero-order valence-corrected chi connectivity index (χ0v) is 19.9. The van der Waals surface area contributed by atoms with Crippen LogP contribution in [0.1, 0.15) is 40.4 Å². The van der Waals surface area contributed by atoms with Gasteiger partial charge in [-0.1, -0.05) is 25.1 Å². The van der Waals surface area contributed by atoms with Crippen LogP contribution in [0.2, 0.25) is 0 Å². The molecule has 6 heteroatoms. The lowest BCUT2D eigenvalue weighted by Gasteiger charge is -2.10. The summed E-state index contributed by atoms with van der Waals surface area (Å²) in [4.78, 5) is 24.8. The van der Waals surface area contributed by atoms with Gasteiger partial charge in [0, 0.05) is 17.3 Å². The van der Waals surface area contributed by atoms with Gasteiger partial charge in [-0.05, 0) is 85.5 Å². The van der Waals surface area contributed by atoms with Crippen LogP contribution in [0.5, 0.6) is 17.2 Å². The average molecular weight is 460 g/mol. The summed E-state index contributed by atoms with van der Waals surface area (Å²) >= 11 is 0. The standard InChI is InChI=1S/C28H29NO5/c1-5-16-33-25-14-8-21(18-26(25)32-4)9-15-27(30)34-23-12-10-22(11-13-23)28(31)29-24-17-19(2)6-7-20(24)3/h6-15,17-18H,5,16H2,1-4H3,(H,29,31)/b15-9+. The maximum atomic E-state index is 12.6. The number of ether oxygens (including phenoxy) is 3. The molecule has 1 amide bonds. The average Bonchev–Trinajstić information content (AvgIpc) is 2.84. The lowest BCUT2D eigenvalue weighted by molar-refractivity contribution is -0.128. The molecule has 3 aromatic carbocycles. The Morgan fingerprint density at radius 3 is 2.41 bits per heavy atom. The van der Waals surface area contributed by atoms with Gasteiger partial charge in [-0.3, -0.25) is 4.79 Å². The summed E-state index contributed by atoms with van der Waals surface area (Å²) in [6.45, 7) is 6.55. The van der Waals surface area contributed by atoms with Gasteiger partial charge in [0.15, 0.2) is 11.5 Å². The van der Waals surface area contributed by atoms with Gasteiger partial charge in [0.2, 0.25) is 0 Å².